The first-order valence-corrected chi connectivity index (χ1v) is 9.36. The number of unbranched alkanes of at least 4 members (excludes halogenated alkanes) is 1. The van der Waals surface area contributed by atoms with E-state index in [2.05, 4.69) is 16.0 Å². The highest BCUT2D eigenvalue weighted by atomic mass is 19.1. The molecule has 0 radical (unpaired) electrons. The number of hydrogen-bond acceptors (Lipinski definition) is 4. The first-order chi connectivity index (χ1) is 13.4. The number of carbonyl (C=O) groups excluding carboxylic acids is 4. The Hall–Kier alpha value is -2.97. The van der Waals surface area contributed by atoms with Crippen LogP contribution in [-0.2, 0) is 15.1 Å². The monoisotopic (exact) mass is 390 g/mol. The predicted molar refractivity (Wildman–Crippen MR) is 97.5 cm³/mol. The molecule has 1 saturated carbocycles. The van der Waals surface area contributed by atoms with E-state index in [9.17, 15) is 23.6 Å². The highest BCUT2D eigenvalue weighted by Crippen LogP contribution is 2.34. The maximum atomic E-state index is 13.3. The molecule has 1 aromatic carbocycles. The van der Waals surface area contributed by atoms with Crippen molar-refractivity contribution in [1.29, 1.82) is 0 Å². The van der Waals surface area contributed by atoms with E-state index >= 15 is 0 Å². The standard InChI is InChI=1S/C19H23FN4O4/c1-2-3-10-19(12-4-6-13(20)7-5-12)16(26)24(18(28)23-19)11-15(25)22-17(27)21-14-8-9-14/h4-7,14H,2-3,8-11H2,1H3,(H,23,28)(H2,21,22,25,27)/t19-/m0/s1. The van der Waals surface area contributed by atoms with Gasteiger partial charge in [0, 0.05) is 6.04 Å². The topological polar surface area (TPSA) is 108 Å². The van der Waals surface area contributed by atoms with Crippen LogP contribution < -0.4 is 16.0 Å². The Morgan fingerprint density at radius 1 is 1.25 bits per heavy atom. The minimum atomic E-state index is -1.35. The third-order valence-corrected chi connectivity index (χ3v) is 4.89. The minimum Gasteiger partial charge on any atom is -0.335 e. The lowest BCUT2D eigenvalue weighted by molar-refractivity contribution is -0.135. The summed E-state index contributed by atoms with van der Waals surface area (Å²) in [4.78, 5) is 50.1. The van der Waals surface area contributed by atoms with Crippen LogP contribution in [0.3, 0.4) is 0 Å². The number of hydrogen-bond donors (Lipinski definition) is 3. The van der Waals surface area contributed by atoms with Crippen molar-refractivity contribution >= 4 is 23.9 Å². The predicted octanol–water partition coefficient (Wildman–Crippen LogP) is 1.75. The van der Waals surface area contributed by atoms with Crippen molar-refractivity contribution in [2.24, 2.45) is 0 Å². The molecule has 0 bridgehead atoms. The van der Waals surface area contributed by atoms with E-state index < -0.39 is 41.8 Å². The molecule has 1 atom stereocenters. The van der Waals surface area contributed by atoms with Gasteiger partial charge in [-0.25, -0.2) is 14.0 Å². The van der Waals surface area contributed by atoms with Gasteiger partial charge in [-0.05, 0) is 37.0 Å². The van der Waals surface area contributed by atoms with Crippen LogP contribution in [-0.4, -0.2) is 41.4 Å². The maximum absolute atomic E-state index is 13.3. The molecule has 28 heavy (non-hydrogen) atoms. The smallest absolute Gasteiger partial charge is 0.325 e. The van der Waals surface area contributed by atoms with Gasteiger partial charge in [0.1, 0.15) is 17.9 Å². The summed E-state index contributed by atoms with van der Waals surface area (Å²) < 4.78 is 13.3. The number of imide groups is 2. The molecular weight excluding hydrogens is 367 g/mol. The van der Waals surface area contributed by atoms with E-state index in [4.69, 9.17) is 0 Å². The zero-order chi connectivity index (χ0) is 20.3. The van der Waals surface area contributed by atoms with Crippen LogP contribution in [0.5, 0.6) is 0 Å². The molecule has 1 aromatic rings. The Morgan fingerprint density at radius 3 is 2.54 bits per heavy atom. The second-order valence-corrected chi connectivity index (χ2v) is 7.13. The van der Waals surface area contributed by atoms with Crippen molar-refractivity contribution in [1.82, 2.24) is 20.9 Å². The molecular formula is C19H23FN4O4. The highest BCUT2D eigenvalue weighted by molar-refractivity contribution is 6.10. The van der Waals surface area contributed by atoms with Gasteiger partial charge in [-0.2, -0.15) is 0 Å². The number of carbonyl (C=O) groups is 4. The third kappa shape index (κ3) is 4.13. The Balaban J connectivity index is 1.75. The van der Waals surface area contributed by atoms with Crippen LogP contribution in [0.25, 0.3) is 0 Å². The van der Waals surface area contributed by atoms with Crippen molar-refractivity contribution in [2.45, 2.75) is 50.6 Å². The van der Waals surface area contributed by atoms with Gasteiger partial charge >= 0.3 is 12.1 Å². The number of urea groups is 2. The third-order valence-electron chi connectivity index (χ3n) is 4.89. The van der Waals surface area contributed by atoms with E-state index in [-0.39, 0.29) is 6.04 Å². The molecule has 150 valence electrons. The summed E-state index contributed by atoms with van der Waals surface area (Å²) in [6.45, 7) is 1.38. The lowest BCUT2D eigenvalue weighted by Gasteiger charge is -2.27. The highest BCUT2D eigenvalue weighted by Gasteiger charge is 2.52. The molecule has 9 heteroatoms. The van der Waals surface area contributed by atoms with Crippen molar-refractivity contribution in [3.8, 4) is 0 Å². The Kier molecular flexibility index (Phi) is 5.62. The average molecular weight is 390 g/mol. The van der Waals surface area contributed by atoms with E-state index in [1.165, 1.54) is 24.3 Å². The number of nitrogens with one attached hydrogen (secondary N) is 3. The fraction of sp³-hybridized carbons (Fsp3) is 0.474. The molecule has 1 saturated heterocycles. The van der Waals surface area contributed by atoms with Gasteiger partial charge < -0.3 is 10.6 Å². The number of benzene rings is 1. The maximum Gasteiger partial charge on any atom is 0.325 e. The Morgan fingerprint density at radius 2 is 1.93 bits per heavy atom. The normalized spacial score (nSPS) is 21.4. The Bertz CT molecular complexity index is 794. The molecule has 1 aliphatic carbocycles. The van der Waals surface area contributed by atoms with Crippen LogP contribution in [0.4, 0.5) is 14.0 Å². The lowest BCUT2D eigenvalue weighted by atomic mass is 9.85. The van der Waals surface area contributed by atoms with Crippen molar-refractivity contribution in [3.05, 3.63) is 35.6 Å². The van der Waals surface area contributed by atoms with Crippen LogP contribution in [0.15, 0.2) is 24.3 Å². The molecule has 6 amide bonds. The van der Waals surface area contributed by atoms with Gasteiger partial charge in [0.2, 0.25) is 5.91 Å². The summed E-state index contributed by atoms with van der Waals surface area (Å²) in [6.07, 6.45) is 3.49. The quantitative estimate of drug-likeness (QED) is 0.617. The molecule has 3 rings (SSSR count). The van der Waals surface area contributed by atoms with E-state index in [0.29, 0.717) is 18.4 Å². The fourth-order valence-electron chi connectivity index (χ4n) is 3.21. The fourth-order valence-corrected chi connectivity index (χ4v) is 3.21. The zero-order valence-electron chi connectivity index (χ0n) is 15.6. The van der Waals surface area contributed by atoms with Crippen molar-refractivity contribution in [3.63, 3.8) is 0 Å². The van der Waals surface area contributed by atoms with Gasteiger partial charge in [-0.1, -0.05) is 31.9 Å². The van der Waals surface area contributed by atoms with E-state index in [0.717, 1.165) is 24.2 Å². The molecule has 0 unspecified atom stereocenters. The zero-order valence-corrected chi connectivity index (χ0v) is 15.6. The van der Waals surface area contributed by atoms with Gasteiger partial charge in [0.05, 0.1) is 0 Å². The van der Waals surface area contributed by atoms with Gasteiger partial charge in [0.15, 0.2) is 0 Å². The van der Waals surface area contributed by atoms with Crippen LogP contribution in [0.1, 0.15) is 44.6 Å². The first-order valence-electron chi connectivity index (χ1n) is 9.36. The van der Waals surface area contributed by atoms with Crippen LogP contribution in [0.2, 0.25) is 0 Å². The average Bonchev–Trinajstić information content (AvgIpc) is 3.43. The largest absolute Gasteiger partial charge is 0.335 e. The SMILES string of the molecule is CCCC[C@@]1(c2ccc(F)cc2)NC(=O)N(CC(=O)NC(=O)NC2CC2)C1=O. The second-order valence-electron chi connectivity index (χ2n) is 7.13. The van der Waals surface area contributed by atoms with Crippen LogP contribution in [0, 0.1) is 5.82 Å². The molecule has 1 heterocycles. The first kappa shape index (κ1) is 19.8. The molecule has 3 N–H and O–H groups in total. The van der Waals surface area contributed by atoms with Gasteiger partial charge in [0.25, 0.3) is 5.91 Å². The number of amides is 6. The molecule has 0 spiro atoms. The molecule has 8 nitrogen and oxygen atoms in total. The van der Waals surface area contributed by atoms with Crippen molar-refractivity contribution in [2.75, 3.05) is 6.54 Å². The molecule has 2 fully saturated rings. The number of halogens is 1. The van der Waals surface area contributed by atoms with Crippen LogP contribution >= 0.6 is 0 Å². The summed E-state index contributed by atoms with van der Waals surface area (Å²) in [5, 5.41) is 7.39. The van der Waals surface area contributed by atoms with Gasteiger partial charge in [-0.15, -0.1) is 0 Å². The number of nitrogens with zero attached hydrogens (tertiary/aromatic N) is 1. The number of rotatable bonds is 7. The lowest BCUT2D eigenvalue weighted by Crippen LogP contribution is -2.47. The summed E-state index contributed by atoms with van der Waals surface area (Å²) in [5.74, 6) is -1.80. The van der Waals surface area contributed by atoms with Crippen molar-refractivity contribution < 1.29 is 23.6 Å². The van der Waals surface area contributed by atoms with E-state index in [1.54, 1.807) is 0 Å². The Labute approximate surface area is 161 Å². The van der Waals surface area contributed by atoms with Gasteiger partial charge in [-0.3, -0.25) is 19.8 Å². The summed E-state index contributed by atoms with van der Waals surface area (Å²) in [6, 6.07) is 4.06. The molecule has 0 aromatic heterocycles. The summed E-state index contributed by atoms with van der Waals surface area (Å²) in [7, 11) is 0. The molecule has 2 aliphatic rings. The minimum absolute atomic E-state index is 0.0738. The second kappa shape index (κ2) is 7.95. The summed E-state index contributed by atoms with van der Waals surface area (Å²) >= 11 is 0. The van der Waals surface area contributed by atoms with E-state index in [1.807, 2.05) is 6.92 Å². The molecule has 1 aliphatic heterocycles. The summed E-state index contributed by atoms with van der Waals surface area (Å²) in [5.41, 5.74) is -0.896.